The van der Waals surface area contributed by atoms with Crippen LogP contribution in [0.1, 0.15) is 27.7 Å². The fourth-order valence-corrected chi connectivity index (χ4v) is 4.29. The molecule has 0 aliphatic carbocycles. The van der Waals surface area contributed by atoms with Gasteiger partial charge in [-0.2, -0.15) is 4.31 Å². The van der Waals surface area contributed by atoms with E-state index in [0.29, 0.717) is 0 Å². The van der Waals surface area contributed by atoms with E-state index >= 15 is 0 Å². The first-order valence-corrected chi connectivity index (χ1v) is 10.3. The van der Waals surface area contributed by atoms with Gasteiger partial charge in [-0.25, -0.2) is 13.2 Å². The number of rotatable bonds is 4. The maximum Gasteiger partial charge on any atom is 0.410 e. The van der Waals surface area contributed by atoms with E-state index in [2.05, 4.69) is 0 Å². The second kappa shape index (κ2) is 8.36. The molecular weight excluding hydrogens is 388 g/mol. The molecule has 1 saturated heterocycles. The quantitative estimate of drug-likeness (QED) is 0.744. The number of benzene rings is 1. The molecular formula is C18H26N2O7S. The van der Waals surface area contributed by atoms with Crippen molar-refractivity contribution in [1.29, 1.82) is 0 Å². The number of amides is 1. The molecule has 0 spiro atoms. The first kappa shape index (κ1) is 22.0. The second-order valence-corrected chi connectivity index (χ2v) is 9.19. The number of hydrogen-bond acceptors (Lipinski definition) is 7. The minimum Gasteiger partial charge on any atom is -0.508 e. The number of carbonyl (C=O) groups is 2. The van der Waals surface area contributed by atoms with Crippen LogP contribution in [-0.4, -0.2) is 72.7 Å². The molecule has 1 aliphatic heterocycles. The number of phenols is 1. The summed E-state index contributed by atoms with van der Waals surface area (Å²) in [4.78, 5) is 26.0. The molecule has 156 valence electrons. The largest absolute Gasteiger partial charge is 0.508 e. The van der Waals surface area contributed by atoms with Gasteiger partial charge >= 0.3 is 12.1 Å². The first-order valence-electron chi connectivity index (χ1n) is 8.91. The molecule has 1 atom stereocenters. The predicted molar refractivity (Wildman–Crippen MR) is 100 cm³/mol. The standard InChI is InChI=1S/C18H26N2O7S/c1-5-26-16(22)15-12-19(17(23)27-18(2,3)4)10-11-20(15)28(24,25)14-8-6-13(21)7-9-14/h6-9,15,21H,5,10-12H2,1-4H3. The third kappa shape index (κ3) is 5.14. The highest BCUT2D eigenvalue weighted by Crippen LogP contribution is 2.24. The van der Waals surface area contributed by atoms with Crippen LogP contribution < -0.4 is 0 Å². The topological polar surface area (TPSA) is 113 Å². The van der Waals surface area contributed by atoms with E-state index in [0.717, 1.165) is 4.31 Å². The van der Waals surface area contributed by atoms with E-state index in [-0.39, 0.29) is 36.9 Å². The van der Waals surface area contributed by atoms with E-state index in [9.17, 15) is 23.1 Å². The molecule has 0 bridgehead atoms. The van der Waals surface area contributed by atoms with Gasteiger partial charge in [0.25, 0.3) is 0 Å². The molecule has 9 nitrogen and oxygen atoms in total. The average Bonchev–Trinajstić information content (AvgIpc) is 2.60. The lowest BCUT2D eigenvalue weighted by atomic mass is 10.2. The van der Waals surface area contributed by atoms with E-state index < -0.39 is 33.7 Å². The molecule has 1 aliphatic rings. The summed E-state index contributed by atoms with van der Waals surface area (Å²) in [5, 5.41) is 9.39. The van der Waals surface area contributed by atoms with Crippen molar-refractivity contribution in [3.63, 3.8) is 0 Å². The molecule has 1 amide bonds. The van der Waals surface area contributed by atoms with Crippen molar-refractivity contribution >= 4 is 22.1 Å². The van der Waals surface area contributed by atoms with Crippen molar-refractivity contribution in [2.45, 2.75) is 44.2 Å². The number of phenolic OH excluding ortho intramolecular Hbond substituents is 1. The number of carbonyl (C=O) groups excluding carboxylic acids is 2. The van der Waals surface area contributed by atoms with Crippen molar-refractivity contribution < 1.29 is 32.6 Å². The Balaban J connectivity index is 2.30. The molecule has 1 aromatic carbocycles. The Kier molecular flexibility index (Phi) is 6.56. The number of sulfonamides is 1. The summed E-state index contributed by atoms with van der Waals surface area (Å²) in [5.41, 5.74) is -0.717. The van der Waals surface area contributed by atoms with Crippen molar-refractivity contribution in [2.24, 2.45) is 0 Å². The molecule has 1 fully saturated rings. The SMILES string of the molecule is CCOC(=O)C1CN(C(=O)OC(C)(C)C)CCN1S(=O)(=O)c1ccc(O)cc1. The van der Waals surface area contributed by atoms with Crippen LogP contribution in [0.25, 0.3) is 0 Å². The summed E-state index contributed by atoms with van der Waals surface area (Å²) in [6.45, 7) is 6.66. The Morgan fingerprint density at radius 2 is 1.79 bits per heavy atom. The summed E-state index contributed by atoms with van der Waals surface area (Å²) in [5.74, 6) is -0.811. The maximum absolute atomic E-state index is 13.0. The fourth-order valence-electron chi connectivity index (χ4n) is 2.73. The number of piperazine rings is 1. The van der Waals surface area contributed by atoms with Gasteiger partial charge < -0.3 is 19.5 Å². The van der Waals surface area contributed by atoms with Crippen LogP contribution in [0.3, 0.4) is 0 Å². The van der Waals surface area contributed by atoms with Crippen LogP contribution in [0.15, 0.2) is 29.2 Å². The summed E-state index contributed by atoms with van der Waals surface area (Å²) >= 11 is 0. The van der Waals surface area contributed by atoms with Crippen molar-refractivity contribution in [3.8, 4) is 5.75 Å². The van der Waals surface area contributed by atoms with Crippen LogP contribution in [0, 0.1) is 0 Å². The maximum atomic E-state index is 13.0. The Labute approximate surface area is 164 Å². The summed E-state index contributed by atoms with van der Waals surface area (Å²) < 4.78 is 37.4. The number of ether oxygens (including phenoxy) is 2. The van der Waals surface area contributed by atoms with Gasteiger partial charge in [0.2, 0.25) is 10.0 Å². The van der Waals surface area contributed by atoms with Crippen LogP contribution in [0.2, 0.25) is 0 Å². The monoisotopic (exact) mass is 414 g/mol. The predicted octanol–water partition coefficient (Wildman–Crippen LogP) is 1.57. The molecule has 0 saturated carbocycles. The van der Waals surface area contributed by atoms with Gasteiger partial charge in [-0.05, 0) is 52.0 Å². The van der Waals surface area contributed by atoms with Crippen molar-refractivity contribution in [2.75, 3.05) is 26.2 Å². The van der Waals surface area contributed by atoms with Crippen LogP contribution in [0.4, 0.5) is 4.79 Å². The molecule has 1 unspecified atom stereocenters. The zero-order valence-corrected chi connectivity index (χ0v) is 17.2. The highest BCUT2D eigenvalue weighted by atomic mass is 32.2. The third-order valence-corrected chi connectivity index (χ3v) is 5.91. The summed E-state index contributed by atoms with van der Waals surface area (Å²) in [6.07, 6.45) is -0.622. The molecule has 1 aromatic rings. The van der Waals surface area contributed by atoms with E-state index in [4.69, 9.17) is 9.47 Å². The second-order valence-electron chi connectivity index (χ2n) is 7.30. The Morgan fingerprint density at radius 3 is 2.32 bits per heavy atom. The molecule has 10 heteroatoms. The van der Waals surface area contributed by atoms with Gasteiger partial charge in [0.1, 0.15) is 17.4 Å². The third-order valence-electron chi connectivity index (χ3n) is 3.98. The first-order chi connectivity index (χ1) is 13.0. The zero-order chi connectivity index (χ0) is 21.1. The summed E-state index contributed by atoms with van der Waals surface area (Å²) in [6, 6.07) is 3.83. The van der Waals surface area contributed by atoms with E-state index in [1.165, 1.54) is 29.2 Å². The van der Waals surface area contributed by atoms with Gasteiger partial charge in [0.05, 0.1) is 18.0 Å². The number of hydrogen-bond donors (Lipinski definition) is 1. The average molecular weight is 414 g/mol. The van der Waals surface area contributed by atoms with E-state index in [1.807, 2.05) is 0 Å². The minimum absolute atomic E-state index is 0.0645. The lowest BCUT2D eigenvalue weighted by Gasteiger charge is -2.39. The highest BCUT2D eigenvalue weighted by Gasteiger charge is 2.43. The fraction of sp³-hybridized carbons (Fsp3) is 0.556. The number of nitrogens with zero attached hydrogens (tertiary/aromatic N) is 2. The number of esters is 1. The van der Waals surface area contributed by atoms with Gasteiger partial charge in [0.15, 0.2) is 0 Å². The lowest BCUT2D eigenvalue weighted by Crippen LogP contribution is -2.60. The molecule has 0 radical (unpaired) electrons. The molecule has 0 aromatic heterocycles. The van der Waals surface area contributed by atoms with Crippen LogP contribution in [0.5, 0.6) is 5.75 Å². The molecule has 1 N–H and O–H groups in total. The molecule has 28 heavy (non-hydrogen) atoms. The molecule has 2 rings (SSSR count). The van der Waals surface area contributed by atoms with Gasteiger partial charge in [-0.15, -0.1) is 0 Å². The lowest BCUT2D eigenvalue weighted by molar-refractivity contribution is -0.149. The normalized spacial score (nSPS) is 18.6. The van der Waals surface area contributed by atoms with Crippen molar-refractivity contribution in [1.82, 2.24) is 9.21 Å². The molecule has 1 heterocycles. The number of aromatic hydroxyl groups is 1. The Bertz CT molecular complexity index is 815. The van der Waals surface area contributed by atoms with Crippen LogP contribution >= 0.6 is 0 Å². The van der Waals surface area contributed by atoms with Gasteiger partial charge in [-0.1, -0.05) is 0 Å². The minimum atomic E-state index is -4.03. The van der Waals surface area contributed by atoms with Crippen molar-refractivity contribution in [3.05, 3.63) is 24.3 Å². The highest BCUT2D eigenvalue weighted by molar-refractivity contribution is 7.89. The van der Waals surface area contributed by atoms with E-state index in [1.54, 1.807) is 27.7 Å². The zero-order valence-electron chi connectivity index (χ0n) is 16.4. The van der Waals surface area contributed by atoms with Gasteiger partial charge in [0, 0.05) is 13.1 Å². The van der Waals surface area contributed by atoms with Gasteiger partial charge in [-0.3, -0.25) is 4.79 Å². The van der Waals surface area contributed by atoms with Crippen LogP contribution in [-0.2, 0) is 24.3 Å². The summed E-state index contributed by atoms with van der Waals surface area (Å²) in [7, 11) is -4.03. The Hall–Kier alpha value is -2.33. The smallest absolute Gasteiger partial charge is 0.410 e. The Morgan fingerprint density at radius 1 is 1.18 bits per heavy atom.